The van der Waals surface area contributed by atoms with Crippen LogP contribution in [0.2, 0.25) is 10.0 Å². The first-order valence-corrected chi connectivity index (χ1v) is 23.0. The topological polar surface area (TPSA) is 154 Å². The zero-order chi connectivity index (χ0) is 38.6. The maximum atomic E-state index is 12.5. The number of benzene rings is 2. The van der Waals surface area contributed by atoms with Crippen LogP contribution in [-0.2, 0) is 31.5 Å². The molecule has 6 rings (SSSR count). The van der Waals surface area contributed by atoms with Gasteiger partial charge < -0.3 is 28.5 Å². The van der Waals surface area contributed by atoms with Gasteiger partial charge in [0.05, 0.1) is 37.6 Å². The van der Waals surface area contributed by atoms with E-state index in [4.69, 9.17) is 27.9 Å². The third kappa shape index (κ3) is 11.8. The minimum absolute atomic E-state index is 0. The zero-order valence-corrected chi connectivity index (χ0v) is 38.3. The number of thiazole rings is 1. The second-order valence-corrected chi connectivity index (χ2v) is 18.9. The van der Waals surface area contributed by atoms with Gasteiger partial charge in [0, 0.05) is 83.4 Å². The summed E-state index contributed by atoms with van der Waals surface area (Å²) in [5, 5.41) is 2.86. The summed E-state index contributed by atoms with van der Waals surface area (Å²) >= 11 is 15.8. The molecule has 290 valence electrons. The number of rotatable bonds is 13. The molecule has 1 saturated heterocycles. The molecule has 2 aliphatic heterocycles. The zero-order valence-electron chi connectivity index (χ0n) is 30.4. The van der Waals surface area contributed by atoms with E-state index in [9.17, 15) is 30.7 Å². The van der Waals surface area contributed by atoms with Gasteiger partial charge in [0.1, 0.15) is 4.70 Å². The molecule has 1 amide bonds. The fraction of sp³-hybridized carbons (Fsp3) is 0.389. The predicted molar refractivity (Wildman–Crippen MR) is 212 cm³/mol. The quantitative estimate of drug-likeness (QED) is 0.141. The van der Waals surface area contributed by atoms with Crippen molar-refractivity contribution in [3.05, 3.63) is 91.6 Å². The van der Waals surface area contributed by atoms with Crippen molar-refractivity contribution in [2.45, 2.75) is 44.0 Å². The number of nitrogens with zero attached hydrogens (tertiary/aromatic N) is 4. The molecule has 12 nitrogen and oxygen atoms in total. The van der Waals surface area contributed by atoms with E-state index in [-0.39, 0.29) is 70.3 Å². The van der Waals surface area contributed by atoms with Crippen LogP contribution in [0.1, 0.15) is 37.6 Å². The van der Waals surface area contributed by atoms with Crippen LogP contribution in [0, 0.1) is 0 Å². The standard InChI is InChI=1S/C36H40Cl2N4O8S4.K/c1-2-50-36(43)40-19-17-39(18-20-40)35-25(7-13-33-41(15-3-21-53(44,45)46)29-23-27(37)9-11-31(29)51-33)5-6-26(35)8-14-34-42(16-4-22-54(47,48)49)30-24-28(38)10-12-32(30)52-34;/h7-14,23-24H,2-6,15-22H2,1H3,(H-,44,45,46,47,48,49);/q;+1/p-1. The number of fused-ring (bicyclic) bond motifs is 2. The van der Waals surface area contributed by atoms with E-state index >= 15 is 0 Å². The van der Waals surface area contributed by atoms with Crippen LogP contribution in [0.15, 0.2) is 81.4 Å². The summed E-state index contributed by atoms with van der Waals surface area (Å²) in [5.74, 6) is -0.938. The van der Waals surface area contributed by atoms with Gasteiger partial charge in [-0.3, -0.25) is 0 Å². The van der Waals surface area contributed by atoms with Gasteiger partial charge in [0.15, 0.2) is 6.54 Å². The summed E-state index contributed by atoms with van der Waals surface area (Å²) in [7, 11) is -8.73. The van der Waals surface area contributed by atoms with Crippen molar-refractivity contribution in [2.24, 2.45) is 0 Å². The van der Waals surface area contributed by atoms with Gasteiger partial charge in [-0.15, -0.1) is 0 Å². The first kappa shape index (κ1) is 44.6. The minimum atomic E-state index is -4.37. The van der Waals surface area contributed by atoms with E-state index in [0.29, 0.717) is 55.9 Å². The Kier molecular flexibility index (Phi) is 15.9. The fourth-order valence-electron chi connectivity index (χ4n) is 6.77. The summed E-state index contributed by atoms with van der Waals surface area (Å²) in [6, 6.07) is 11.1. The molecule has 3 heterocycles. The van der Waals surface area contributed by atoms with Crippen LogP contribution in [0.5, 0.6) is 0 Å². The van der Waals surface area contributed by atoms with Crippen molar-refractivity contribution < 1.29 is 91.4 Å². The van der Waals surface area contributed by atoms with E-state index in [1.54, 1.807) is 34.9 Å². The predicted octanol–water partition coefficient (Wildman–Crippen LogP) is 3.59. The smallest absolute Gasteiger partial charge is 0.748 e. The Morgan fingerprint density at radius 2 is 1.62 bits per heavy atom. The Morgan fingerprint density at radius 1 is 0.927 bits per heavy atom. The van der Waals surface area contributed by atoms with Gasteiger partial charge in [0.25, 0.3) is 5.01 Å². The first-order valence-electron chi connectivity index (χ1n) is 17.4. The van der Waals surface area contributed by atoms with E-state index in [1.165, 1.54) is 0 Å². The molecule has 0 atom stereocenters. The molecule has 3 aromatic rings. The summed E-state index contributed by atoms with van der Waals surface area (Å²) in [5.41, 5.74) is 4.96. The number of amides is 1. The Labute approximate surface area is 382 Å². The number of aromatic nitrogens is 1. The Morgan fingerprint density at radius 3 is 2.33 bits per heavy atom. The molecule has 1 fully saturated rings. The summed E-state index contributed by atoms with van der Waals surface area (Å²) in [6.07, 6.45) is 9.71. The molecule has 0 radical (unpaired) electrons. The number of allylic oxidation sites excluding steroid dienone is 5. The van der Waals surface area contributed by atoms with E-state index in [1.807, 2.05) is 58.0 Å². The van der Waals surface area contributed by atoms with Crippen molar-refractivity contribution in [1.29, 1.82) is 0 Å². The van der Waals surface area contributed by atoms with Gasteiger partial charge >= 0.3 is 57.5 Å². The number of ether oxygens (including phenoxy) is 1. The third-order valence-corrected chi connectivity index (χ3v) is 13.5. The average molecular weight is 894 g/mol. The van der Waals surface area contributed by atoms with Crippen molar-refractivity contribution in [1.82, 2.24) is 9.80 Å². The van der Waals surface area contributed by atoms with Crippen molar-refractivity contribution in [3.8, 4) is 0 Å². The van der Waals surface area contributed by atoms with Gasteiger partial charge in [-0.05, 0) is 79.8 Å². The number of hydrogen-bond acceptors (Lipinski definition) is 12. The molecule has 0 spiro atoms. The molecule has 19 heteroatoms. The molecule has 55 heavy (non-hydrogen) atoms. The maximum absolute atomic E-state index is 12.5. The normalized spacial score (nSPS) is 17.9. The van der Waals surface area contributed by atoms with Gasteiger partial charge in [-0.2, -0.15) is 4.57 Å². The average Bonchev–Trinajstić information content (AvgIpc) is 3.78. The van der Waals surface area contributed by atoms with Gasteiger partial charge in [-0.1, -0.05) is 52.4 Å². The molecule has 0 N–H and O–H groups in total. The number of thioether (sulfide) groups is 1. The van der Waals surface area contributed by atoms with Crippen molar-refractivity contribution in [2.75, 3.05) is 55.7 Å². The fourth-order valence-corrected chi connectivity index (χ4v) is 10.2. The van der Waals surface area contributed by atoms with Crippen LogP contribution in [0.4, 0.5) is 10.5 Å². The SMILES string of the molecule is CCOC(=O)N1CCN(C2=C(/C=C/c3sc4ccc(Cl)cc4[n+]3CCCS(=O)(=O)[O-])CC/C2=C/C=C2/Sc3ccc(Cl)cc3N2CCCS(=O)(=O)[O-])CC1.[K+]. The number of carbonyl (C=O) groups is 1. The molecule has 1 aromatic heterocycles. The molecular formula is C36H39Cl2KN4O8S4. The number of hydrogen-bond donors (Lipinski definition) is 0. The molecule has 2 aromatic carbocycles. The summed E-state index contributed by atoms with van der Waals surface area (Å²) < 4.78 is 76.6. The van der Waals surface area contributed by atoms with Crippen LogP contribution >= 0.6 is 46.3 Å². The second-order valence-electron chi connectivity index (χ2n) is 12.9. The van der Waals surface area contributed by atoms with Crippen LogP contribution < -0.4 is 60.9 Å². The van der Waals surface area contributed by atoms with Gasteiger partial charge in [0.2, 0.25) is 5.52 Å². The van der Waals surface area contributed by atoms with Crippen molar-refractivity contribution in [3.63, 3.8) is 0 Å². The first-order chi connectivity index (χ1) is 25.7. The molecule has 3 aliphatic rings. The number of piperazine rings is 1. The monoisotopic (exact) mass is 892 g/mol. The Hall–Kier alpha value is -1.45. The van der Waals surface area contributed by atoms with Crippen molar-refractivity contribution >= 4 is 94.6 Å². The largest absolute Gasteiger partial charge is 1.00 e. The molecule has 1 aliphatic carbocycles. The molecule has 0 bridgehead atoms. The second kappa shape index (κ2) is 19.5. The molecular weight excluding hydrogens is 855 g/mol. The van der Waals surface area contributed by atoms with Crippen LogP contribution in [0.3, 0.4) is 0 Å². The van der Waals surface area contributed by atoms with Gasteiger partial charge in [-0.25, -0.2) is 21.6 Å². The van der Waals surface area contributed by atoms with E-state index in [2.05, 4.69) is 17.1 Å². The third-order valence-electron chi connectivity index (χ3n) is 9.18. The maximum Gasteiger partial charge on any atom is 1.00 e. The number of halogens is 2. The Bertz CT molecular complexity index is 2270. The van der Waals surface area contributed by atoms with E-state index < -0.39 is 31.7 Å². The molecule has 0 saturated carbocycles. The Balaban J connectivity index is 0.00000580. The van der Waals surface area contributed by atoms with E-state index in [0.717, 1.165) is 60.5 Å². The summed E-state index contributed by atoms with van der Waals surface area (Å²) in [4.78, 5) is 19.5. The number of carbonyl (C=O) groups excluding carboxylic acids is 1. The summed E-state index contributed by atoms with van der Waals surface area (Å²) in [6.45, 7) is 4.91. The molecule has 0 unspecified atom stereocenters. The number of anilines is 1. The minimum Gasteiger partial charge on any atom is -0.748 e. The van der Waals surface area contributed by atoms with Crippen LogP contribution in [-0.4, -0.2) is 92.7 Å². The van der Waals surface area contributed by atoms with Crippen LogP contribution in [0.25, 0.3) is 16.3 Å². The number of aryl methyl sites for hydroxylation is 1.